The van der Waals surface area contributed by atoms with Crippen molar-refractivity contribution in [2.24, 2.45) is 5.92 Å². The molecule has 170 valence electrons. The molecule has 2 saturated heterocycles. The van der Waals surface area contributed by atoms with Gasteiger partial charge in [0.15, 0.2) is 0 Å². The van der Waals surface area contributed by atoms with E-state index in [0.717, 1.165) is 38.6 Å². The van der Waals surface area contributed by atoms with Crippen LogP contribution in [-0.4, -0.2) is 78.2 Å². The Hall–Kier alpha value is -1.72. The van der Waals surface area contributed by atoms with Crippen LogP contribution in [-0.2, 0) is 4.79 Å². The topological polar surface area (TPSA) is 43.9 Å². The van der Waals surface area contributed by atoms with Gasteiger partial charge in [-0.1, -0.05) is 49.6 Å². The molecule has 4 rings (SSSR count). The molecule has 0 unspecified atom stereocenters. The molecular weight excluding hydrogens is 386 g/mol. The number of hydrogen-bond donors (Lipinski definition) is 0. The number of carbonyl (C=O) groups is 2. The molecule has 1 aromatic rings. The van der Waals surface area contributed by atoms with Crippen molar-refractivity contribution < 1.29 is 9.59 Å². The minimum atomic E-state index is -0.359. The Balaban J connectivity index is 1.40. The highest BCUT2D eigenvalue weighted by Crippen LogP contribution is 2.28. The first-order valence-corrected chi connectivity index (χ1v) is 12.6. The zero-order chi connectivity index (χ0) is 21.5. The first-order valence-electron chi connectivity index (χ1n) is 12.6. The maximum atomic E-state index is 13.3. The lowest BCUT2D eigenvalue weighted by Crippen LogP contribution is -2.49. The average Bonchev–Trinajstić information content (AvgIpc) is 3.37. The van der Waals surface area contributed by atoms with Crippen LogP contribution in [0.4, 0.5) is 0 Å². The summed E-state index contributed by atoms with van der Waals surface area (Å²) < 4.78 is 0. The summed E-state index contributed by atoms with van der Waals surface area (Å²) >= 11 is 0. The largest absolute Gasteiger partial charge is 0.334 e. The molecule has 1 atom stereocenters. The zero-order valence-corrected chi connectivity index (χ0v) is 19.0. The van der Waals surface area contributed by atoms with Crippen LogP contribution in [0.5, 0.6) is 0 Å². The van der Waals surface area contributed by atoms with E-state index in [1.165, 1.54) is 57.9 Å². The van der Waals surface area contributed by atoms with Gasteiger partial charge in [-0.3, -0.25) is 9.59 Å². The summed E-state index contributed by atoms with van der Waals surface area (Å²) in [6, 6.07) is 9.80. The monoisotopic (exact) mass is 425 g/mol. The van der Waals surface area contributed by atoms with E-state index in [-0.39, 0.29) is 11.7 Å². The standard InChI is InChI=1S/C26H39N3O2/c30-25(23-11-3-1-4-12-23)26(31)29(19-18-27-15-7-2-8-16-27)21-22-10-9-17-28(20-22)24-13-5-6-14-24/h1,3-4,11-12,22,24H,2,5-10,13-21H2/t22-/m0/s1. The first kappa shape index (κ1) is 22.5. The van der Waals surface area contributed by atoms with E-state index in [2.05, 4.69) is 9.80 Å². The van der Waals surface area contributed by atoms with E-state index in [1.54, 1.807) is 12.1 Å². The number of nitrogens with zero attached hydrogens (tertiary/aromatic N) is 3. The Morgan fingerprint density at radius 1 is 0.871 bits per heavy atom. The molecule has 0 radical (unpaired) electrons. The average molecular weight is 426 g/mol. The van der Waals surface area contributed by atoms with Gasteiger partial charge in [0.2, 0.25) is 5.78 Å². The smallest absolute Gasteiger partial charge is 0.295 e. The number of amides is 1. The number of Topliss-reactive ketones (excluding diaryl/α,β-unsaturated/α-hetero) is 1. The second kappa shape index (κ2) is 11.2. The van der Waals surface area contributed by atoms with Crippen LogP contribution >= 0.6 is 0 Å². The van der Waals surface area contributed by atoms with Crippen LogP contribution in [0.3, 0.4) is 0 Å². The molecule has 3 aliphatic rings. The third-order valence-corrected chi connectivity index (χ3v) is 7.52. The van der Waals surface area contributed by atoms with Gasteiger partial charge in [0.25, 0.3) is 5.91 Å². The van der Waals surface area contributed by atoms with Gasteiger partial charge in [-0.05, 0) is 64.1 Å². The second-order valence-electron chi connectivity index (χ2n) is 9.79. The van der Waals surface area contributed by atoms with E-state index in [9.17, 15) is 9.59 Å². The van der Waals surface area contributed by atoms with Crippen molar-refractivity contribution in [2.45, 2.75) is 63.8 Å². The quantitative estimate of drug-likeness (QED) is 0.469. The van der Waals surface area contributed by atoms with Crippen molar-refractivity contribution in [3.8, 4) is 0 Å². The summed E-state index contributed by atoms with van der Waals surface area (Å²) in [5.74, 6) is -0.202. The molecule has 1 saturated carbocycles. The molecule has 0 bridgehead atoms. The molecule has 0 N–H and O–H groups in total. The number of rotatable bonds is 8. The Morgan fingerprint density at radius 3 is 2.35 bits per heavy atom. The molecule has 1 aromatic carbocycles. The predicted molar refractivity (Wildman–Crippen MR) is 124 cm³/mol. The number of hydrogen-bond acceptors (Lipinski definition) is 4. The van der Waals surface area contributed by atoms with Crippen molar-refractivity contribution in [3.05, 3.63) is 35.9 Å². The SMILES string of the molecule is O=C(C(=O)N(CCN1CCCCC1)C[C@H]1CCCN(C2CCCC2)C1)c1ccccc1. The van der Waals surface area contributed by atoms with Gasteiger partial charge in [-0.15, -0.1) is 0 Å². The number of ketones is 1. The van der Waals surface area contributed by atoms with Crippen LogP contribution in [0.25, 0.3) is 0 Å². The third kappa shape index (κ3) is 6.17. The number of benzene rings is 1. The first-order chi connectivity index (χ1) is 15.2. The fourth-order valence-electron chi connectivity index (χ4n) is 5.74. The van der Waals surface area contributed by atoms with Crippen molar-refractivity contribution >= 4 is 11.7 Å². The predicted octanol–water partition coefficient (Wildman–Crippen LogP) is 3.84. The molecule has 0 spiro atoms. The summed E-state index contributed by atoms with van der Waals surface area (Å²) in [4.78, 5) is 33.2. The van der Waals surface area contributed by atoms with Crippen molar-refractivity contribution in [3.63, 3.8) is 0 Å². The van der Waals surface area contributed by atoms with E-state index < -0.39 is 0 Å². The highest BCUT2D eigenvalue weighted by Gasteiger charge is 2.31. The molecule has 3 fully saturated rings. The summed E-state index contributed by atoms with van der Waals surface area (Å²) in [5.41, 5.74) is 0.506. The summed E-state index contributed by atoms with van der Waals surface area (Å²) in [6.07, 6.45) is 11.6. The lowest BCUT2D eigenvalue weighted by Gasteiger charge is -2.39. The van der Waals surface area contributed by atoms with Gasteiger partial charge in [-0.2, -0.15) is 0 Å². The van der Waals surface area contributed by atoms with Crippen LogP contribution < -0.4 is 0 Å². The van der Waals surface area contributed by atoms with Crippen LogP contribution in [0.2, 0.25) is 0 Å². The number of carbonyl (C=O) groups excluding carboxylic acids is 2. The highest BCUT2D eigenvalue weighted by molar-refractivity contribution is 6.42. The van der Waals surface area contributed by atoms with E-state index in [1.807, 2.05) is 23.1 Å². The van der Waals surface area contributed by atoms with Crippen molar-refractivity contribution in [1.29, 1.82) is 0 Å². The molecule has 0 aromatic heterocycles. The molecule has 5 heteroatoms. The minimum absolute atomic E-state index is 0.318. The zero-order valence-electron chi connectivity index (χ0n) is 19.0. The second-order valence-corrected chi connectivity index (χ2v) is 9.79. The minimum Gasteiger partial charge on any atom is -0.334 e. The Bertz CT molecular complexity index is 711. The Labute approximate surface area is 187 Å². The summed E-state index contributed by atoms with van der Waals surface area (Å²) in [5, 5.41) is 0. The molecule has 5 nitrogen and oxygen atoms in total. The van der Waals surface area contributed by atoms with E-state index >= 15 is 0 Å². The summed E-state index contributed by atoms with van der Waals surface area (Å²) in [7, 11) is 0. The van der Waals surface area contributed by atoms with Gasteiger partial charge >= 0.3 is 0 Å². The van der Waals surface area contributed by atoms with E-state index in [4.69, 9.17) is 0 Å². The molecule has 2 heterocycles. The van der Waals surface area contributed by atoms with Crippen LogP contribution in [0.15, 0.2) is 30.3 Å². The number of likely N-dealkylation sites (tertiary alicyclic amines) is 2. The molecule has 1 amide bonds. The van der Waals surface area contributed by atoms with Crippen LogP contribution in [0, 0.1) is 5.92 Å². The highest BCUT2D eigenvalue weighted by atomic mass is 16.2. The third-order valence-electron chi connectivity index (χ3n) is 7.52. The Kier molecular flexibility index (Phi) is 8.15. The van der Waals surface area contributed by atoms with Gasteiger partial charge in [0.05, 0.1) is 0 Å². The van der Waals surface area contributed by atoms with Gasteiger partial charge in [0, 0.05) is 37.8 Å². The fraction of sp³-hybridized carbons (Fsp3) is 0.692. The van der Waals surface area contributed by atoms with Gasteiger partial charge in [0.1, 0.15) is 0 Å². The van der Waals surface area contributed by atoms with Gasteiger partial charge in [-0.25, -0.2) is 0 Å². The molecule has 2 aliphatic heterocycles. The Morgan fingerprint density at radius 2 is 1.61 bits per heavy atom. The maximum absolute atomic E-state index is 13.3. The summed E-state index contributed by atoms with van der Waals surface area (Å²) in [6.45, 7) is 6.78. The van der Waals surface area contributed by atoms with Gasteiger partial charge < -0.3 is 14.7 Å². The molecule has 31 heavy (non-hydrogen) atoms. The molecular formula is C26H39N3O2. The fourth-order valence-corrected chi connectivity index (χ4v) is 5.74. The lowest BCUT2D eigenvalue weighted by molar-refractivity contribution is -0.127. The normalized spacial score (nSPS) is 23.7. The molecule has 1 aliphatic carbocycles. The van der Waals surface area contributed by atoms with E-state index in [0.29, 0.717) is 24.6 Å². The van der Waals surface area contributed by atoms with Crippen LogP contribution in [0.1, 0.15) is 68.1 Å². The van der Waals surface area contributed by atoms with Crippen molar-refractivity contribution in [2.75, 3.05) is 45.8 Å². The van der Waals surface area contributed by atoms with Crippen molar-refractivity contribution in [1.82, 2.24) is 14.7 Å². The lowest BCUT2D eigenvalue weighted by atomic mass is 9.95. The maximum Gasteiger partial charge on any atom is 0.295 e. The number of piperidine rings is 2.